The number of hydrogen-bond acceptors (Lipinski definition) is 4. The minimum atomic E-state index is 0.385. The van der Waals surface area contributed by atoms with Crippen molar-refractivity contribution in [3.8, 4) is 0 Å². The zero-order chi connectivity index (χ0) is 10.8. The lowest BCUT2D eigenvalue weighted by Crippen LogP contribution is -2.35. The maximum Gasteiger partial charge on any atom is 0.155 e. The fraction of sp³-hybridized carbons (Fsp3) is 0.636. The van der Waals surface area contributed by atoms with E-state index in [-0.39, 0.29) is 0 Å². The fourth-order valence-electron chi connectivity index (χ4n) is 1.77. The number of fused-ring (bicyclic) bond motifs is 1. The molecule has 0 spiro atoms. The lowest BCUT2D eigenvalue weighted by atomic mass is 10.2. The van der Waals surface area contributed by atoms with Gasteiger partial charge in [-0.3, -0.25) is 0 Å². The van der Waals surface area contributed by atoms with E-state index >= 15 is 0 Å². The van der Waals surface area contributed by atoms with Crippen LogP contribution < -0.4 is 10.2 Å². The summed E-state index contributed by atoms with van der Waals surface area (Å²) in [6, 6.07) is 0. The number of rotatable bonds is 2. The van der Waals surface area contributed by atoms with Crippen LogP contribution in [0.15, 0.2) is 6.20 Å². The summed E-state index contributed by atoms with van der Waals surface area (Å²) in [7, 11) is 0. The predicted octanol–water partition coefficient (Wildman–Crippen LogP) is 1.85. The molecule has 2 rings (SSSR count). The van der Waals surface area contributed by atoms with Gasteiger partial charge in [-0.2, -0.15) is 0 Å². The van der Waals surface area contributed by atoms with Crippen LogP contribution in [0.5, 0.6) is 0 Å². The van der Waals surface area contributed by atoms with Gasteiger partial charge in [-0.1, -0.05) is 13.8 Å². The summed E-state index contributed by atoms with van der Waals surface area (Å²) >= 11 is 0. The molecular formula is C11H18N4. The second kappa shape index (κ2) is 4.04. The minimum absolute atomic E-state index is 0.385. The largest absolute Gasteiger partial charge is 0.379 e. The van der Waals surface area contributed by atoms with E-state index in [9.17, 15) is 0 Å². The molecule has 4 nitrogen and oxygen atoms in total. The van der Waals surface area contributed by atoms with Crippen molar-refractivity contribution in [2.45, 2.75) is 26.7 Å². The molecule has 1 aromatic heterocycles. The summed E-state index contributed by atoms with van der Waals surface area (Å²) in [5.41, 5.74) is 1.06. The minimum Gasteiger partial charge on any atom is -0.379 e. The Morgan fingerprint density at radius 1 is 1.53 bits per heavy atom. The Kier molecular flexibility index (Phi) is 2.75. The topological polar surface area (TPSA) is 41.0 Å². The lowest BCUT2D eigenvalue weighted by molar-refractivity contribution is 0.739. The molecule has 0 radical (unpaired) electrons. The fourth-order valence-corrected chi connectivity index (χ4v) is 1.77. The predicted molar refractivity (Wildman–Crippen MR) is 62.5 cm³/mol. The Hall–Kier alpha value is -1.32. The Balaban J connectivity index is 2.39. The molecule has 0 aliphatic carbocycles. The Labute approximate surface area is 90.7 Å². The molecule has 1 aliphatic heterocycles. The SMILES string of the molecule is CCN1CCNc2cnc(C(C)C)nc21. The van der Waals surface area contributed by atoms with Crippen molar-refractivity contribution in [1.82, 2.24) is 9.97 Å². The van der Waals surface area contributed by atoms with Gasteiger partial charge in [0.05, 0.1) is 11.9 Å². The van der Waals surface area contributed by atoms with Gasteiger partial charge in [-0.15, -0.1) is 0 Å². The molecule has 1 aromatic rings. The third-order valence-electron chi connectivity index (χ3n) is 2.68. The molecular weight excluding hydrogens is 188 g/mol. The monoisotopic (exact) mass is 206 g/mol. The maximum atomic E-state index is 4.62. The van der Waals surface area contributed by atoms with E-state index in [0.29, 0.717) is 5.92 Å². The molecule has 0 saturated heterocycles. The summed E-state index contributed by atoms with van der Waals surface area (Å²) in [5, 5.41) is 3.33. The van der Waals surface area contributed by atoms with Crippen LogP contribution in [-0.4, -0.2) is 29.6 Å². The van der Waals surface area contributed by atoms with Gasteiger partial charge in [0.15, 0.2) is 5.82 Å². The molecule has 0 saturated carbocycles. The van der Waals surface area contributed by atoms with E-state index in [1.165, 1.54) is 0 Å². The van der Waals surface area contributed by atoms with Gasteiger partial charge >= 0.3 is 0 Å². The number of nitrogens with one attached hydrogen (secondary N) is 1. The maximum absolute atomic E-state index is 4.62. The van der Waals surface area contributed by atoms with Crippen molar-refractivity contribution in [2.75, 3.05) is 29.9 Å². The highest BCUT2D eigenvalue weighted by atomic mass is 15.2. The zero-order valence-electron chi connectivity index (χ0n) is 9.62. The Morgan fingerprint density at radius 3 is 3.00 bits per heavy atom. The summed E-state index contributed by atoms with van der Waals surface area (Å²) in [6.07, 6.45) is 1.90. The van der Waals surface area contributed by atoms with Gasteiger partial charge in [0, 0.05) is 25.6 Å². The van der Waals surface area contributed by atoms with Gasteiger partial charge in [0.2, 0.25) is 0 Å². The highest BCUT2D eigenvalue weighted by Gasteiger charge is 2.18. The number of likely N-dealkylation sites (N-methyl/N-ethyl adjacent to an activating group) is 1. The molecule has 0 fully saturated rings. The van der Waals surface area contributed by atoms with E-state index in [4.69, 9.17) is 0 Å². The van der Waals surface area contributed by atoms with Crippen molar-refractivity contribution in [2.24, 2.45) is 0 Å². The van der Waals surface area contributed by atoms with Gasteiger partial charge in [-0.25, -0.2) is 9.97 Å². The van der Waals surface area contributed by atoms with E-state index < -0.39 is 0 Å². The summed E-state index contributed by atoms with van der Waals surface area (Å²) in [4.78, 5) is 11.3. The Morgan fingerprint density at radius 2 is 2.33 bits per heavy atom. The molecule has 1 aliphatic rings. The molecule has 82 valence electrons. The number of aromatic nitrogens is 2. The second-order valence-corrected chi connectivity index (χ2v) is 4.13. The molecule has 2 heterocycles. The molecule has 0 atom stereocenters. The third-order valence-corrected chi connectivity index (χ3v) is 2.68. The molecule has 0 aromatic carbocycles. The average Bonchev–Trinajstić information content (AvgIpc) is 2.27. The second-order valence-electron chi connectivity index (χ2n) is 4.13. The molecule has 0 unspecified atom stereocenters. The molecule has 0 amide bonds. The molecule has 4 heteroatoms. The summed E-state index contributed by atoms with van der Waals surface area (Å²) in [6.45, 7) is 9.40. The van der Waals surface area contributed by atoms with E-state index in [2.05, 4.69) is 41.0 Å². The summed E-state index contributed by atoms with van der Waals surface area (Å²) in [5.74, 6) is 2.37. The highest BCUT2D eigenvalue weighted by Crippen LogP contribution is 2.26. The first kappa shape index (κ1) is 10.2. The standard InChI is InChI=1S/C11H18N4/c1-4-15-6-5-12-9-7-13-10(8(2)3)14-11(9)15/h7-8,12H,4-6H2,1-3H3. The van der Waals surface area contributed by atoms with Crippen LogP contribution in [0.1, 0.15) is 32.5 Å². The van der Waals surface area contributed by atoms with E-state index in [0.717, 1.165) is 37.0 Å². The normalized spacial score (nSPS) is 15.1. The smallest absolute Gasteiger partial charge is 0.155 e. The van der Waals surface area contributed by atoms with Gasteiger partial charge in [0.1, 0.15) is 5.82 Å². The van der Waals surface area contributed by atoms with E-state index in [1.54, 1.807) is 0 Å². The van der Waals surface area contributed by atoms with Crippen molar-refractivity contribution < 1.29 is 0 Å². The van der Waals surface area contributed by atoms with Crippen LogP contribution in [0.3, 0.4) is 0 Å². The summed E-state index contributed by atoms with van der Waals surface area (Å²) < 4.78 is 0. The van der Waals surface area contributed by atoms with Crippen LogP contribution in [0.2, 0.25) is 0 Å². The first-order valence-corrected chi connectivity index (χ1v) is 5.58. The van der Waals surface area contributed by atoms with Crippen LogP contribution >= 0.6 is 0 Å². The molecule has 1 N–H and O–H groups in total. The third kappa shape index (κ3) is 1.89. The van der Waals surface area contributed by atoms with Crippen LogP contribution in [0, 0.1) is 0 Å². The van der Waals surface area contributed by atoms with Crippen molar-refractivity contribution >= 4 is 11.5 Å². The quantitative estimate of drug-likeness (QED) is 0.801. The molecule has 0 bridgehead atoms. The van der Waals surface area contributed by atoms with Gasteiger partial charge in [0.25, 0.3) is 0 Å². The number of anilines is 2. The average molecular weight is 206 g/mol. The van der Waals surface area contributed by atoms with Crippen molar-refractivity contribution in [3.05, 3.63) is 12.0 Å². The zero-order valence-corrected chi connectivity index (χ0v) is 9.62. The van der Waals surface area contributed by atoms with Gasteiger partial charge in [-0.05, 0) is 6.92 Å². The lowest BCUT2D eigenvalue weighted by Gasteiger charge is -2.29. The van der Waals surface area contributed by atoms with Crippen molar-refractivity contribution in [1.29, 1.82) is 0 Å². The van der Waals surface area contributed by atoms with Crippen LogP contribution in [0.4, 0.5) is 11.5 Å². The van der Waals surface area contributed by atoms with E-state index in [1.807, 2.05) is 6.20 Å². The Bertz CT molecular complexity index is 348. The number of nitrogens with zero attached hydrogens (tertiary/aromatic N) is 3. The van der Waals surface area contributed by atoms with Crippen LogP contribution in [-0.2, 0) is 0 Å². The highest BCUT2D eigenvalue weighted by molar-refractivity contribution is 5.66. The number of hydrogen-bond donors (Lipinski definition) is 1. The van der Waals surface area contributed by atoms with Crippen LogP contribution in [0.25, 0.3) is 0 Å². The van der Waals surface area contributed by atoms with Crippen molar-refractivity contribution in [3.63, 3.8) is 0 Å². The first-order valence-electron chi connectivity index (χ1n) is 5.58. The first-order chi connectivity index (χ1) is 7.22. The van der Waals surface area contributed by atoms with Gasteiger partial charge < -0.3 is 10.2 Å². The molecule has 15 heavy (non-hydrogen) atoms.